The molecule has 1 saturated carbocycles. The maximum absolute atomic E-state index is 14.4. The maximum Gasteiger partial charge on any atom is 0.298 e. The highest BCUT2D eigenvalue weighted by Gasteiger charge is 2.26. The van der Waals surface area contributed by atoms with Gasteiger partial charge in [0.1, 0.15) is 17.2 Å². The zero-order valence-corrected chi connectivity index (χ0v) is 15.9. The van der Waals surface area contributed by atoms with E-state index in [1.807, 2.05) is 11.0 Å². The Bertz CT molecular complexity index is 1070. The number of nitrogens with zero attached hydrogens (tertiary/aromatic N) is 3. The van der Waals surface area contributed by atoms with Crippen LogP contribution in [0.15, 0.2) is 40.8 Å². The molecule has 0 radical (unpaired) electrons. The molecule has 2 aromatic carbocycles. The fourth-order valence-corrected chi connectivity index (χ4v) is 3.82. The number of piperazine rings is 1. The first-order valence-corrected chi connectivity index (χ1v) is 9.94. The average Bonchev–Trinajstić information content (AvgIpc) is 3.49. The first-order chi connectivity index (χ1) is 14.1. The van der Waals surface area contributed by atoms with Crippen molar-refractivity contribution in [3.8, 4) is 0 Å². The number of halogens is 2. The van der Waals surface area contributed by atoms with Gasteiger partial charge in [-0.05, 0) is 48.1 Å². The summed E-state index contributed by atoms with van der Waals surface area (Å²) in [5.41, 5.74) is 2.49. The lowest BCUT2D eigenvalue weighted by Crippen LogP contribution is -2.49. The zero-order valence-electron chi connectivity index (χ0n) is 15.9. The van der Waals surface area contributed by atoms with Gasteiger partial charge >= 0.3 is 0 Å². The van der Waals surface area contributed by atoms with Crippen molar-refractivity contribution in [3.05, 3.63) is 59.2 Å². The van der Waals surface area contributed by atoms with Crippen molar-refractivity contribution >= 4 is 23.0 Å². The van der Waals surface area contributed by atoms with Gasteiger partial charge in [0, 0.05) is 32.2 Å². The van der Waals surface area contributed by atoms with Crippen molar-refractivity contribution in [2.45, 2.75) is 25.2 Å². The molecule has 5 rings (SSSR count). The first kappa shape index (κ1) is 18.1. The molecule has 7 heteroatoms. The molecule has 2 heterocycles. The van der Waals surface area contributed by atoms with Crippen LogP contribution in [0.1, 0.15) is 29.9 Å². The molecule has 1 saturated heterocycles. The third kappa shape index (κ3) is 3.69. The summed E-state index contributed by atoms with van der Waals surface area (Å²) < 4.78 is 33.3. The van der Waals surface area contributed by atoms with Crippen molar-refractivity contribution in [1.29, 1.82) is 0 Å². The van der Waals surface area contributed by atoms with Crippen LogP contribution < -0.4 is 4.90 Å². The number of oxazole rings is 1. The van der Waals surface area contributed by atoms with Crippen LogP contribution in [-0.2, 0) is 11.2 Å². The minimum absolute atomic E-state index is 0.0684. The van der Waals surface area contributed by atoms with E-state index >= 15 is 0 Å². The minimum Gasteiger partial charge on any atom is -0.423 e. The third-order valence-corrected chi connectivity index (χ3v) is 5.71. The van der Waals surface area contributed by atoms with Crippen LogP contribution in [0.2, 0.25) is 0 Å². The van der Waals surface area contributed by atoms with E-state index in [-0.39, 0.29) is 24.0 Å². The fraction of sp³-hybridized carbons (Fsp3) is 0.364. The Kier molecular flexibility index (Phi) is 4.45. The summed E-state index contributed by atoms with van der Waals surface area (Å²) in [6.45, 7) is 2.13. The second-order valence-corrected chi connectivity index (χ2v) is 7.78. The lowest BCUT2D eigenvalue weighted by Gasteiger charge is -2.34. The van der Waals surface area contributed by atoms with Gasteiger partial charge in [0.2, 0.25) is 5.91 Å². The summed E-state index contributed by atoms with van der Waals surface area (Å²) in [7, 11) is 0. The monoisotopic (exact) mass is 397 g/mol. The molecular formula is C22H21F2N3O2. The summed E-state index contributed by atoms with van der Waals surface area (Å²) >= 11 is 0. The van der Waals surface area contributed by atoms with Crippen LogP contribution in [0, 0.1) is 11.6 Å². The molecule has 0 unspecified atom stereocenters. The second-order valence-electron chi connectivity index (χ2n) is 7.78. The van der Waals surface area contributed by atoms with Crippen LogP contribution in [-0.4, -0.2) is 42.0 Å². The Morgan fingerprint density at radius 1 is 1.07 bits per heavy atom. The number of fused-ring (bicyclic) bond motifs is 1. The molecule has 3 aromatic rings. The van der Waals surface area contributed by atoms with Gasteiger partial charge in [0.25, 0.3) is 6.01 Å². The standard InChI is InChI=1S/C22H21F2N3O2/c23-17-5-6-19-20(13-17)29-22(25-19)27-9-7-26(8-10-27)21(28)12-16-4-3-15(11-18(16)24)14-1-2-14/h3-6,11,13-14H,1-2,7-10,12H2. The summed E-state index contributed by atoms with van der Waals surface area (Å²) in [6, 6.07) is 9.94. The van der Waals surface area contributed by atoms with Gasteiger partial charge < -0.3 is 14.2 Å². The number of carbonyl (C=O) groups is 1. The van der Waals surface area contributed by atoms with Crippen LogP contribution in [0.4, 0.5) is 14.8 Å². The molecule has 0 N–H and O–H groups in total. The van der Waals surface area contributed by atoms with Crippen molar-refractivity contribution in [2.75, 3.05) is 31.1 Å². The number of amides is 1. The van der Waals surface area contributed by atoms with Crippen LogP contribution in [0.3, 0.4) is 0 Å². The maximum atomic E-state index is 14.4. The quantitative estimate of drug-likeness (QED) is 0.671. The summed E-state index contributed by atoms with van der Waals surface area (Å²) in [4.78, 5) is 20.7. The molecule has 2 aliphatic rings. The molecular weight excluding hydrogens is 376 g/mol. The predicted octanol–water partition coefficient (Wildman–Crippen LogP) is 3.87. The van der Waals surface area contributed by atoms with E-state index in [1.165, 1.54) is 12.1 Å². The van der Waals surface area contributed by atoms with Crippen molar-refractivity contribution in [3.63, 3.8) is 0 Å². The number of aromatic nitrogens is 1. The van der Waals surface area contributed by atoms with Crippen molar-refractivity contribution in [2.24, 2.45) is 0 Å². The number of carbonyl (C=O) groups excluding carboxylic acids is 1. The van der Waals surface area contributed by atoms with Crippen molar-refractivity contribution in [1.82, 2.24) is 9.88 Å². The van der Waals surface area contributed by atoms with E-state index in [4.69, 9.17) is 4.42 Å². The van der Waals surface area contributed by atoms with E-state index in [0.717, 1.165) is 18.4 Å². The molecule has 1 aromatic heterocycles. The highest BCUT2D eigenvalue weighted by atomic mass is 19.1. The summed E-state index contributed by atoms with van der Waals surface area (Å²) in [6.07, 6.45) is 2.31. The normalized spacial score (nSPS) is 17.2. The number of hydrogen-bond donors (Lipinski definition) is 0. The Morgan fingerprint density at radius 3 is 2.59 bits per heavy atom. The topological polar surface area (TPSA) is 49.6 Å². The third-order valence-electron chi connectivity index (χ3n) is 5.71. The van der Waals surface area contributed by atoms with E-state index in [0.29, 0.717) is 54.8 Å². The van der Waals surface area contributed by atoms with Gasteiger partial charge in [-0.15, -0.1) is 0 Å². The Labute approximate surface area is 166 Å². The van der Waals surface area contributed by atoms with Gasteiger partial charge in [0.05, 0.1) is 6.42 Å². The molecule has 1 aliphatic heterocycles. The summed E-state index contributed by atoms with van der Waals surface area (Å²) in [5.74, 6) is -0.249. The van der Waals surface area contributed by atoms with Gasteiger partial charge in [-0.3, -0.25) is 4.79 Å². The summed E-state index contributed by atoms with van der Waals surface area (Å²) in [5, 5.41) is 0. The molecule has 2 fully saturated rings. The molecule has 1 aliphatic carbocycles. The van der Waals surface area contributed by atoms with E-state index in [2.05, 4.69) is 4.98 Å². The van der Waals surface area contributed by atoms with Gasteiger partial charge in [-0.2, -0.15) is 4.98 Å². The van der Waals surface area contributed by atoms with E-state index < -0.39 is 0 Å². The Hall–Kier alpha value is -2.96. The highest BCUT2D eigenvalue weighted by molar-refractivity contribution is 5.79. The predicted molar refractivity (Wildman–Crippen MR) is 105 cm³/mol. The minimum atomic E-state index is -0.368. The van der Waals surface area contributed by atoms with Crippen molar-refractivity contribution < 1.29 is 18.0 Å². The lowest BCUT2D eigenvalue weighted by atomic mass is 10.0. The van der Waals surface area contributed by atoms with Crippen LogP contribution in [0.25, 0.3) is 11.1 Å². The molecule has 0 atom stereocenters. The van der Waals surface area contributed by atoms with Gasteiger partial charge in [-0.1, -0.05) is 12.1 Å². The Balaban J connectivity index is 1.21. The average molecular weight is 397 g/mol. The SMILES string of the molecule is O=C(Cc1ccc(C2CC2)cc1F)N1CCN(c2nc3ccc(F)cc3o2)CC1. The number of anilines is 1. The molecule has 5 nitrogen and oxygen atoms in total. The smallest absolute Gasteiger partial charge is 0.298 e. The molecule has 1 amide bonds. The zero-order chi connectivity index (χ0) is 20.0. The van der Waals surface area contributed by atoms with E-state index in [1.54, 1.807) is 23.1 Å². The molecule has 0 bridgehead atoms. The van der Waals surface area contributed by atoms with Gasteiger partial charge in [0.15, 0.2) is 5.58 Å². The Morgan fingerprint density at radius 2 is 1.86 bits per heavy atom. The van der Waals surface area contributed by atoms with Crippen LogP contribution >= 0.6 is 0 Å². The fourth-order valence-electron chi connectivity index (χ4n) is 3.82. The largest absolute Gasteiger partial charge is 0.423 e. The van der Waals surface area contributed by atoms with Crippen LogP contribution in [0.5, 0.6) is 0 Å². The lowest BCUT2D eigenvalue weighted by molar-refractivity contribution is -0.130. The van der Waals surface area contributed by atoms with E-state index in [9.17, 15) is 13.6 Å². The number of hydrogen-bond acceptors (Lipinski definition) is 4. The number of benzene rings is 2. The van der Waals surface area contributed by atoms with Gasteiger partial charge in [-0.25, -0.2) is 8.78 Å². The highest BCUT2D eigenvalue weighted by Crippen LogP contribution is 2.40. The molecule has 29 heavy (non-hydrogen) atoms. The molecule has 0 spiro atoms. The second kappa shape index (κ2) is 7.13. The first-order valence-electron chi connectivity index (χ1n) is 9.94. The molecule has 150 valence electrons. The number of rotatable bonds is 4.